The van der Waals surface area contributed by atoms with Crippen LogP contribution in [0.15, 0.2) is 61.3 Å². The van der Waals surface area contributed by atoms with Gasteiger partial charge in [0.2, 0.25) is 11.9 Å². The number of nitrogens with zero attached hydrogens (tertiary/aromatic N) is 7. The molecular formula is C32H35F3N10O3. The first-order chi connectivity index (χ1) is 23.3. The first-order valence-corrected chi connectivity index (χ1v) is 15.6. The molecule has 1 aliphatic heterocycles. The molecule has 0 radical (unpaired) electrons. The third kappa shape index (κ3) is 8.05. The van der Waals surface area contributed by atoms with E-state index in [2.05, 4.69) is 45.9 Å². The van der Waals surface area contributed by atoms with Crippen LogP contribution in [0.1, 0.15) is 43.2 Å². The molecule has 1 saturated carbocycles. The molecule has 2 amide bonds. The van der Waals surface area contributed by atoms with Gasteiger partial charge < -0.3 is 25.4 Å². The third-order valence-electron chi connectivity index (χ3n) is 8.21. The Balaban J connectivity index is 1.18. The minimum absolute atomic E-state index is 0.105. The summed E-state index contributed by atoms with van der Waals surface area (Å²) in [5.74, 6) is 0.0767. The minimum atomic E-state index is -4.60. The summed E-state index contributed by atoms with van der Waals surface area (Å²) in [6.45, 7) is 0.945. The number of benzene rings is 1. The number of aromatic nitrogens is 6. The Morgan fingerprint density at radius 1 is 0.896 bits per heavy atom. The molecule has 13 nitrogen and oxygen atoms in total. The lowest BCUT2D eigenvalue weighted by Gasteiger charge is -2.30. The van der Waals surface area contributed by atoms with Crippen molar-refractivity contribution >= 4 is 23.7 Å². The van der Waals surface area contributed by atoms with Crippen molar-refractivity contribution in [2.75, 3.05) is 35.9 Å². The van der Waals surface area contributed by atoms with E-state index < -0.39 is 11.7 Å². The number of ether oxygens (including phenoxy) is 2. The average molecular weight is 665 g/mol. The summed E-state index contributed by atoms with van der Waals surface area (Å²) in [5, 5.41) is 9.06. The van der Waals surface area contributed by atoms with Crippen LogP contribution in [-0.4, -0.2) is 74.4 Å². The highest BCUT2D eigenvalue weighted by atomic mass is 19.4. The number of amides is 2. The van der Waals surface area contributed by atoms with Gasteiger partial charge in [-0.25, -0.2) is 29.7 Å². The molecule has 252 valence electrons. The van der Waals surface area contributed by atoms with Gasteiger partial charge in [-0.15, -0.1) is 0 Å². The normalized spacial score (nSPS) is 18.2. The van der Waals surface area contributed by atoms with Crippen molar-refractivity contribution < 1.29 is 27.4 Å². The zero-order valence-electron chi connectivity index (χ0n) is 26.2. The second-order valence-corrected chi connectivity index (χ2v) is 11.6. The van der Waals surface area contributed by atoms with E-state index in [1.54, 1.807) is 29.7 Å². The highest BCUT2D eigenvalue weighted by Crippen LogP contribution is 2.35. The highest BCUT2D eigenvalue weighted by Gasteiger charge is 2.37. The van der Waals surface area contributed by atoms with Crippen molar-refractivity contribution in [3.63, 3.8) is 0 Å². The van der Waals surface area contributed by atoms with E-state index in [9.17, 15) is 18.0 Å². The predicted octanol–water partition coefficient (Wildman–Crippen LogP) is 5.09. The molecule has 1 aliphatic carbocycles. The van der Waals surface area contributed by atoms with Crippen molar-refractivity contribution in [3.8, 4) is 17.1 Å². The van der Waals surface area contributed by atoms with Crippen LogP contribution in [0.4, 0.5) is 35.7 Å². The van der Waals surface area contributed by atoms with E-state index in [-0.39, 0.29) is 47.9 Å². The number of hydrogen-bond donors (Lipinski definition) is 3. The smallest absolute Gasteiger partial charge is 0.421 e. The van der Waals surface area contributed by atoms with Gasteiger partial charge >= 0.3 is 18.2 Å². The second-order valence-electron chi connectivity index (χ2n) is 11.6. The number of hydrogen-bond acceptors (Lipinski definition) is 11. The molecule has 16 heteroatoms. The van der Waals surface area contributed by atoms with Crippen molar-refractivity contribution in [1.29, 1.82) is 0 Å². The number of halogens is 3. The van der Waals surface area contributed by atoms with Crippen molar-refractivity contribution in [2.45, 2.75) is 63.0 Å². The molecule has 2 aliphatic rings. The summed E-state index contributed by atoms with van der Waals surface area (Å²) in [6, 6.07) is 8.87. The second kappa shape index (κ2) is 14.8. The van der Waals surface area contributed by atoms with Gasteiger partial charge in [0.05, 0.1) is 26.4 Å². The Morgan fingerprint density at radius 2 is 1.60 bits per heavy atom. The Labute approximate surface area is 274 Å². The van der Waals surface area contributed by atoms with E-state index in [1.807, 2.05) is 30.3 Å². The van der Waals surface area contributed by atoms with Crippen LogP contribution < -0.4 is 25.6 Å². The highest BCUT2D eigenvalue weighted by molar-refractivity contribution is 5.90. The van der Waals surface area contributed by atoms with E-state index in [0.29, 0.717) is 56.6 Å². The van der Waals surface area contributed by atoms with Crippen LogP contribution in [0.3, 0.4) is 0 Å². The van der Waals surface area contributed by atoms with Gasteiger partial charge in [0.15, 0.2) is 0 Å². The van der Waals surface area contributed by atoms with Gasteiger partial charge in [0.1, 0.15) is 11.4 Å². The number of anilines is 3. The molecule has 2 fully saturated rings. The molecule has 1 saturated heterocycles. The maximum absolute atomic E-state index is 13.8. The van der Waals surface area contributed by atoms with Crippen molar-refractivity contribution in [1.82, 2.24) is 35.2 Å². The predicted molar refractivity (Wildman–Crippen MR) is 170 cm³/mol. The summed E-state index contributed by atoms with van der Waals surface area (Å²) in [5.41, 5.74) is 1.38. The lowest BCUT2D eigenvalue weighted by molar-refractivity contribution is -0.137. The molecule has 0 bridgehead atoms. The lowest BCUT2D eigenvalue weighted by atomic mass is 10.1. The third-order valence-corrected chi connectivity index (χ3v) is 8.21. The summed E-state index contributed by atoms with van der Waals surface area (Å²) in [7, 11) is 1.49. The number of rotatable bonds is 10. The standard InChI is InChI=1S/C32H35F3N10O3/c1-47-30-39-15-22(16-40-30)21-13-37-29(38-14-21)45(31(46)41-12-20-6-3-2-4-7-20)25-9-5-8-23(10-11-25)43-28-36-17-26(32(33,34)35)27(44-28)42-24-18-48-19-24/h2-4,6-7,13-17,23-25H,5,8-12,18-19H2,1H3,(H,41,46)(H2,36,42,43,44)/t23?,25-/m0/s1. The molecule has 6 rings (SSSR count). The van der Waals surface area contributed by atoms with Crippen LogP contribution in [0.2, 0.25) is 0 Å². The zero-order chi connectivity index (χ0) is 33.5. The van der Waals surface area contributed by atoms with Crippen LogP contribution in [-0.2, 0) is 17.5 Å². The maximum Gasteiger partial charge on any atom is 0.421 e. The van der Waals surface area contributed by atoms with E-state index >= 15 is 0 Å². The molecule has 3 aromatic heterocycles. The fraction of sp³-hybridized carbons (Fsp3) is 0.406. The molecule has 48 heavy (non-hydrogen) atoms. The summed E-state index contributed by atoms with van der Waals surface area (Å²) in [6.07, 6.45) is 5.94. The van der Waals surface area contributed by atoms with Gasteiger partial charge in [0, 0.05) is 60.7 Å². The molecule has 1 unspecified atom stereocenters. The Kier molecular flexibility index (Phi) is 10.1. The number of carbonyl (C=O) groups excluding carboxylic acids is 1. The average Bonchev–Trinajstić information content (AvgIpc) is 3.31. The molecular weight excluding hydrogens is 629 g/mol. The molecule has 4 aromatic rings. The Morgan fingerprint density at radius 3 is 2.25 bits per heavy atom. The van der Waals surface area contributed by atoms with Crippen LogP contribution in [0, 0.1) is 0 Å². The number of carbonyl (C=O) groups is 1. The Bertz CT molecular complexity index is 1660. The summed E-state index contributed by atoms with van der Waals surface area (Å²) >= 11 is 0. The first kappa shape index (κ1) is 32.8. The first-order valence-electron chi connectivity index (χ1n) is 15.6. The SMILES string of the molecule is COc1ncc(-c2cnc(N(C(=O)NCc3ccccc3)[C@H]3CCCC(Nc4ncc(C(F)(F)F)c(NC5COC5)n4)CC3)nc2)cn1. The van der Waals surface area contributed by atoms with E-state index in [0.717, 1.165) is 18.2 Å². The number of alkyl halides is 3. The van der Waals surface area contributed by atoms with Gasteiger partial charge in [-0.2, -0.15) is 18.2 Å². The summed E-state index contributed by atoms with van der Waals surface area (Å²) in [4.78, 5) is 40.9. The molecule has 2 atom stereocenters. The largest absolute Gasteiger partial charge is 0.467 e. The number of nitrogens with one attached hydrogen (secondary N) is 3. The van der Waals surface area contributed by atoms with Crippen molar-refractivity contribution in [2.24, 2.45) is 0 Å². The number of urea groups is 1. The van der Waals surface area contributed by atoms with E-state index in [4.69, 9.17) is 9.47 Å². The maximum atomic E-state index is 13.8. The van der Waals surface area contributed by atoms with Gasteiger partial charge in [-0.05, 0) is 37.7 Å². The molecule has 0 spiro atoms. The molecule has 4 heterocycles. The molecule has 3 N–H and O–H groups in total. The van der Waals surface area contributed by atoms with Gasteiger partial charge in [-0.3, -0.25) is 4.90 Å². The van der Waals surface area contributed by atoms with E-state index in [1.165, 1.54) is 7.11 Å². The van der Waals surface area contributed by atoms with Crippen LogP contribution in [0.25, 0.3) is 11.1 Å². The fourth-order valence-electron chi connectivity index (χ4n) is 5.59. The molecule has 1 aromatic carbocycles. The fourth-order valence-corrected chi connectivity index (χ4v) is 5.59. The zero-order valence-corrected chi connectivity index (χ0v) is 26.2. The van der Waals surface area contributed by atoms with Crippen LogP contribution >= 0.6 is 0 Å². The quantitative estimate of drug-likeness (QED) is 0.194. The van der Waals surface area contributed by atoms with Gasteiger partial charge in [-0.1, -0.05) is 30.3 Å². The monoisotopic (exact) mass is 664 g/mol. The lowest BCUT2D eigenvalue weighted by Crippen LogP contribution is -2.47. The topological polar surface area (TPSA) is 152 Å². The van der Waals surface area contributed by atoms with Crippen LogP contribution in [0.5, 0.6) is 6.01 Å². The minimum Gasteiger partial charge on any atom is -0.467 e. The number of methoxy groups -OCH3 is 1. The van der Waals surface area contributed by atoms with Crippen molar-refractivity contribution in [3.05, 3.63) is 72.4 Å². The summed E-state index contributed by atoms with van der Waals surface area (Å²) < 4.78 is 51.1. The van der Waals surface area contributed by atoms with Gasteiger partial charge in [0.25, 0.3) is 0 Å². The Hall–Kier alpha value is -5.12.